The van der Waals surface area contributed by atoms with Crippen molar-refractivity contribution in [2.24, 2.45) is 11.8 Å². The summed E-state index contributed by atoms with van der Waals surface area (Å²) in [4.78, 5) is 4.56. The second-order valence-electron chi connectivity index (χ2n) is 8.89. The molecule has 2 bridgehead atoms. The van der Waals surface area contributed by atoms with E-state index in [1.54, 1.807) is 18.5 Å². The van der Waals surface area contributed by atoms with Crippen LogP contribution in [0.25, 0.3) is 16.9 Å². The highest BCUT2D eigenvalue weighted by Gasteiger charge is 2.54. The SMILES string of the molecule is O=S1(=O)C=CC2(N1)C1CCC2Cc2cc(-c3cn(-c4ccc(F)cc4)cn3)ccc2C1. The van der Waals surface area contributed by atoms with E-state index in [2.05, 4.69) is 27.9 Å². The third-order valence-corrected chi connectivity index (χ3v) is 8.33. The number of nitrogens with zero attached hydrogens (tertiary/aromatic N) is 2. The van der Waals surface area contributed by atoms with E-state index >= 15 is 0 Å². The molecular formula is C24H22FN3O2S. The highest BCUT2D eigenvalue weighted by Crippen LogP contribution is 2.50. The molecule has 2 aliphatic carbocycles. The summed E-state index contributed by atoms with van der Waals surface area (Å²) in [5.41, 5.74) is 4.89. The van der Waals surface area contributed by atoms with Gasteiger partial charge < -0.3 is 4.57 Å². The maximum atomic E-state index is 13.2. The first kappa shape index (κ1) is 19.0. The van der Waals surface area contributed by atoms with Crippen LogP contribution in [0.15, 0.2) is 66.5 Å². The lowest BCUT2D eigenvalue weighted by Crippen LogP contribution is -2.50. The number of rotatable bonds is 2. The maximum absolute atomic E-state index is 13.2. The van der Waals surface area contributed by atoms with E-state index in [4.69, 9.17) is 0 Å². The first-order valence-electron chi connectivity index (χ1n) is 10.6. The Labute approximate surface area is 180 Å². The Morgan fingerprint density at radius 1 is 1.03 bits per heavy atom. The molecule has 3 atom stereocenters. The Morgan fingerprint density at radius 3 is 2.48 bits per heavy atom. The average Bonchev–Trinajstić information content (AvgIpc) is 3.40. The molecular weight excluding hydrogens is 413 g/mol. The van der Waals surface area contributed by atoms with Crippen LogP contribution in [-0.2, 0) is 22.9 Å². The summed E-state index contributed by atoms with van der Waals surface area (Å²) in [7, 11) is -3.33. The van der Waals surface area contributed by atoms with Crippen molar-refractivity contribution < 1.29 is 12.8 Å². The number of nitrogens with one attached hydrogen (secondary N) is 1. The summed E-state index contributed by atoms with van der Waals surface area (Å²) < 4.78 is 42.4. The number of fused-ring (bicyclic) bond motifs is 1. The van der Waals surface area contributed by atoms with Crippen LogP contribution in [0.3, 0.4) is 0 Å². The molecule has 6 rings (SSSR count). The largest absolute Gasteiger partial charge is 0.306 e. The Morgan fingerprint density at radius 2 is 1.77 bits per heavy atom. The van der Waals surface area contributed by atoms with Crippen molar-refractivity contribution in [2.45, 2.75) is 31.2 Å². The van der Waals surface area contributed by atoms with Crippen LogP contribution in [0.5, 0.6) is 0 Å². The van der Waals surface area contributed by atoms with E-state index in [1.807, 2.05) is 16.8 Å². The normalized spacial score (nSPS) is 28.0. The van der Waals surface area contributed by atoms with Crippen molar-refractivity contribution in [3.8, 4) is 16.9 Å². The fourth-order valence-electron chi connectivity index (χ4n) is 5.64. The van der Waals surface area contributed by atoms with E-state index in [-0.39, 0.29) is 17.7 Å². The van der Waals surface area contributed by atoms with Crippen LogP contribution >= 0.6 is 0 Å². The van der Waals surface area contributed by atoms with E-state index in [0.717, 1.165) is 42.6 Å². The lowest BCUT2D eigenvalue weighted by atomic mass is 9.80. The molecule has 7 heteroatoms. The molecule has 2 heterocycles. The minimum absolute atomic E-state index is 0.263. The maximum Gasteiger partial charge on any atom is 0.234 e. The molecule has 3 aliphatic rings. The highest BCUT2D eigenvalue weighted by atomic mass is 32.2. The Bertz CT molecular complexity index is 1310. The molecule has 158 valence electrons. The second kappa shape index (κ2) is 6.61. The van der Waals surface area contributed by atoms with Gasteiger partial charge in [-0.1, -0.05) is 18.2 Å². The molecule has 0 radical (unpaired) electrons. The summed E-state index contributed by atoms with van der Waals surface area (Å²) >= 11 is 0. The molecule has 31 heavy (non-hydrogen) atoms. The van der Waals surface area contributed by atoms with Crippen LogP contribution in [0.1, 0.15) is 24.0 Å². The van der Waals surface area contributed by atoms with E-state index in [1.165, 1.54) is 28.7 Å². The van der Waals surface area contributed by atoms with Crippen LogP contribution in [0.2, 0.25) is 0 Å². The van der Waals surface area contributed by atoms with Crippen LogP contribution < -0.4 is 4.72 Å². The van der Waals surface area contributed by atoms with Crippen molar-refractivity contribution in [2.75, 3.05) is 0 Å². The Kier molecular flexibility index (Phi) is 4.04. The summed E-state index contributed by atoms with van der Waals surface area (Å²) in [5, 5.41) is 1.35. The smallest absolute Gasteiger partial charge is 0.234 e. The van der Waals surface area contributed by atoms with Crippen LogP contribution in [-0.4, -0.2) is 23.5 Å². The Hall–Kier alpha value is -2.77. The van der Waals surface area contributed by atoms with Gasteiger partial charge in [-0.25, -0.2) is 22.5 Å². The molecule has 0 amide bonds. The lowest BCUT2D eigenvalue weighted by molar-refractivity contribution is 0.295. The minimum Gasteiger partial charge on any atom is -0.306 e. The third kappa shape index (κ3) is 3.06. The van der Waals surface area contributed by atoms with Gasteiger partial charge in [-0.05, 0) is 79.0 Å². The van der Waals surface area contributed by atoms with Gasteiger partial charge in [0.1, 0.15) is 5.82 Å². The standard InChI is InChI=1S/C24H22FN3O2S/c25-21-5-7-22(8-6-21)28-14-23(26-15-28)17-2-1-16-12-19-3-4-20(13-18(16)11-17)24(19)9-10-31(29,30)27-24/h1-2,5-11,14-15,19-20,27H,3-4,12-13H2. The zero-order valence-corrected chi connectivity index (χ0v) is 17.6. The second-order valence-corrected chi connectivity index (χ2v) is 10.5. The van der Waals surface area contributed by atoms with Gasteiger partial charge in [0.05, 0.1) is 17.6 Å². The fourth-order valence-corrected chi connectivity index (χ4v) is 7.01. The summed E-state index contributed by atoms with van der Waals surface area (Å²) in [6, 6.07) is 12.8. The first-order valence-corrected chi connectivity index (χ1v) is 12.1. The molecule has 5 nitrogen and oxygen atoms in total. The van der Waals surface area contributed by atoms with Gasteiger partial charge >= 0.3 is 0 Å². The molecule has 1 saturated carbocycles. The molecule has 3 unspecified atom stereocenters. The minimum atomic E-state index is -3.33. The topological polar surface area (TPSA) is 64.0 Å². The van der Waals surface area contributed by atoms with Gasteiger partial charge in [-0.15, -0.1) is 0 Å². The van der Waals surface area contributed by atoms with E-state index in [0.29, 0.717) is 0 Å². The summed E-state index contributed by atoms with van der Waals surface area (Å²) in [5.74, 6) is 0.288. The summed E-state index contributed by atoms with van der Waals surface area (Å²) in [6.07, 6.45) is 9.40. The number of imidazole rings is 1. The number of sulfonamides is 1. The summed E-state index contributed by atoms with van der Waals surface area (Å²) in [6.45, 7) is 0. The number of halogens is 1. The average molecular weight is 436 g/mol. The highest BCUT2D eigenvalue weighted by molar-refractivity contribution is 7.92. The quantitative estimate of drug-likeness (QED) is 0.662. The molecule has 2 aromatic carbocycles. The number of benzene rings is 2. The Balaban J connectivity index is 1.33. The molecule has 0 saturated heterocycles. The predicted octanol–water partition coefficient (Wildman–Crippen LogP) is 3.99. The molecule has 1 aliphatic heterocycles. The van der Waals surface area contributed by atoms with E-state index in [9.17, 15) is 12.8 Å². The van der Waals surface area contributed by atoms with Gasteiger partial charge in [0.15, 0.2) is 0 Å². The number of aromatic nitrogens is 2. The first-order chi connectivity index (χ1) is 14.9. The van der Waals surface area contributed by atoms with E-state index < -0.39 is 15.6 Å². The van der Waals surface area contributed by atoms with Crippen LogP contribution in [0.4, 0.5) is 4.39 Å². The van der Waals surface area contributed by atoms with Crippen molar-refractivity contribution in [3.63, 3.8) is 0 Å². The molecule has 1 N–H and O–H groups in total. The zero-order valence-electron chi connectivity index (χ0n) is 16.8. The van der Waals surface area contributed by atoms with Crippen molar-refractivity contribution in [3.05, 3.63) is 83.4 Å². The lowest BCUT2D eigenvalue weighted by Gasteiger charge is -2.33. The van der Waals surface area contributed by atoms with Gasteiger partial charge in [0.25, 0.3) is 0 Å². The predicted molar refractivity (Wildman–Crippen MR) is 117 cm³/mol. The molecule has 3 aromatic rings. The fraction of sp³-hybridized carbons (Fsp3) is 0.292. The van der Waals surface area contributed by atoms with Crippen molar-refractivity contribution >= 4 is 10.0 Å². The number of hydrogen-bond donors (Lipinski definition) is 1. The monoisotopic (exact) mass is 435 g/mol. The zero-order chi connectivity index (χ0) is 21.2. The van der Waals surface area contributed by atoms with Gasteiger partial charge in [-0.2, -0.15) is 0 Å². The number of hydrogen-bond acceptors (Lipinski definition) is 3. The molecule has 1 fully saturated rings. The van der Waals surface area contributed by atoms with Gasteiger partial charge in [-0.3, -0.25) is 0 Å². The van der Waals surface area contributed by atoms with Crippen molar-refractivity contribution in [1.82, 2.24) is 14.3 Å². The van der Waals surface area contributed by atoms with Gasteiger partial charge in [0.2, 0.25) is 10.0 Å². The van der Waals surface area contributed by atoms with Gasteiger partial charge in [0, 0.05) is 22.9 Å². The molecule has 1 spiro atoms. The van der Waals surface area contributed by atoms with Crippen molar-refractivity contribution in [1.29, 1.82) is 0 Å². The third-order valence-electron chi connectivity index (χ3n) is 7.20. The van der Waals surface area contributed by atoms with Crippen LogP contribution in [0, 0.1) is 17.7 Å². The molecule has 1 aromatic heterocycles.